The molecule has 0 amide bonds. The van der Waals surface area contributed by atoms with Crippen molar-refractivity contribution in [2.45, 2.75) is 37.6 Å². The molecule has 0 aliphatic carbocycles. The van der Waals surface area contributed by atoms with Gasteiger partial charge in [0.15, 0.2) is 0 Å². The van der Waals surface area contributed by atoms with Gasteiger partial charge in [-0.1, -0.05) is 17.7 Å². The van der Waals surface area contributed by atoms with Crippen LogP contribution in [0.5, 0.6) is 0 Å². The second-order valence-corrected chi connectivity index (χ2v) is 6.62. The molecular weight excluding hydrogens is 248 g/mol. The highest BCUT2D eigenvalue weighted by Crippen LogP contribution is 2.17. The van der Waals surface area contributed by atoms with Gasteiger partial charge in [-0.25, -0.2) is 13.1 Å². The summed E-state index contributed by atoms with van der Waals surface area (Å²) < 4.78 is 27.4. The summed E-state index contributed by atoms with van der Waals surface area (Å²) in [5.41, 5.74) is 1.87. The van der Waals surface area contributed by atoms with Gasteiger partial charge in [0.2, 0.25) is 10.0 Å². The van der Waals surface area contributed by atoms with Gasteiger partial charge in [0.25, 0.3) is 0 Å². The summed E-state index contributed by atoms with van der Waals surface area (Å²) in [5, 5.41) is 3.21. The second-order valence-electron chi connectivity index (χ2n) is 4.93. The summed E-state index contributed by atoms with van der Waals surface area (Å²) in [4.78, 5) is 0.388. The standard InChI is InChI=1S/C13H20N2O2S/c1-10-5-6-13(11(2)8-10)18(16,17)15-12-4-3-7-14-9-12/h5-6,8,12,14-15H,3-4,7,9H2,1-2H3/t12-/m0/s1. The van der Waals surface area contributed by atoms with Crippen molar-refractivity contribution < 1.29 is 8.42 Å². The summed E-state index contributed by atoms with van der Waals surface area (Å²) in [6.45, 7) is 5.48. The first-order chi connectivity index (χ1) is 8.49. The van der Waals surface area contributed by atoms with E-state index >= 15 is 0 Å². The predicted molar refractivity (Wildman–Crippen MR) is 72.1 cm³/mol. The van der Waals surface area contributed by atoms with E-state index in [4.69, 9.17) is 0 Å². The van der Waals surface area contributed by atoms with Crippen LogP contribution in [0.2, 0.25) is 0 Å². The minimum Gasteiger partial charge on any atom is -0.315 e. The molecule has 0 radical (unpaired) electrons. The maximum Gasteiger partial charge on any atom is 0.241 e. The predicted octanol–water partition coefficient (Wildman–Crippen LogP) is 1.33. The van der Waals surface area contributed by atoms with Crippen LogP contribution in [0, 0.1) is 13.8 Å². The molecule has 1 aliphatic rings. The van der Waals surface area contributed by atoms with Gasteiger partial charge in [0.1, 0.15) is 0 Å². The van der Waals surface area contributed by atoms with Crippen LogP contribution < -0.4 is 10.0 Å². The maximum atomic E-state index is 12.3. The monoisotopic (exact) mass is 268 g/mol. The summed E-state index contributed by atoms with van der Waals surface area (Å²) >= 11 is 0. The van der Waals surface area contributed by atoms with Gasteiger partial charge in [-0.05, 0) is 44.9 Å². The SMILES string of the molecule is Cc1ccc(S(=O)(=O)N[C@H]2CCCNC2)c(C)c1. The zero-order valence-corrected chi connectivity index (χ0v) is 11.7. The third kappa shape index (κ3) is 3.10. The first-order valence-electron chi connectivity index (χ1n) is 6.29. The molecule has 5 heteroatoms. The highest BCUT2D eigenvalue weighted by molar-refractivity contribution is 7.89. The molecule has 0 spiro atoms. The first-order valence-corrected chi connectivity index (χ1v) is 7.78. The molecule has 1 aromatic carbocycles. The normalized spacial score (nSPS) is 20.9. The van der Waals surface area contributed by atoms with E-state index in [0.717, 1.165) is 30.5 Å². The number of nitrogens with one attached hydrogen (secondary N) is 2. The fourth-order valence-electron chi connectivity index (χ4n) is 2.34. The average molecular weight is 268 g/mol. The van der Waals surface area contributed by atoms with Crippen molar-refractivity contribution in [3.05, 3.63) is 29.3 Å². The van der Waals surface area contributed by atoms with E-state index in [-0.39, 0.29) is 6.04 Å². The van der Waals surface area contributed by atoms with Crippen molar-refractivity contribution in [3.63, 3.8) is 0 Å². The van der Waals surface area contributed by atoms with E-state index in [0.29, 0.717) is 11.4 Å². The zero-order chi connectivity index (χ0) is 13.2. The molecule has 0 unspecified atom stereocenters. The van der Waals surface area contributed by atoms with Gasteiger partial charge < -0.3 is 5.32 Å². The van der Waals surface area contributed by atoms with Crippen molar-refractivity contribution >= 4 is 10.0 Å². The molecule has 0 aromatic heterocycles. The summed E-state index contributed by atoms with van der Waals surface area (Å²) in [6, 6.07) is 5.42. The Bertz CT molecular complexity index is 520. The molecule has 4 nitrogen and oxygen atoms in total. The first kappa shape index (κ1) is 13.5. The fourth-order valence-corrected chi connectivity index (χ4v) is 3.83. The van der Waals surface area contributed by atoms with E-state index in [1.165, 1.54) is 0 Å². The molecule has 2 N–H and O–H groups in total. The lowest BCUT2D eigenvalue weighted by Gasteiger charge is -2.24. The van der Waals surface area contributed by atoms with Crippen LogP contribution in [0.15, 0.2) is 23.1 Å². The largest absolute Gasteiger partial charge is 0.315 e. The minimum atomic E-state index is -3.40. The van der Waals surface area contributed by atoms with Crippen molar-refractivity contribution in [1.82, 2.24) is 10.0 Å². The number of hydrogen-bond donors (Lipinski definition) is 2. The number of hydrogen-bond acceptors (Lipinski definition) is 3. The Hall–Kier alpha value is -0.910. The Morgan fingerprint density at radius 1 is 1.33 bits per heavy atom. The van der Waals surface area contributed by atoms with E-state index in [1.807, 2.05) is 26.0 Å². The van der Waals surface area contributed by atoms with Gasteiger partial charge in [0, 0.05) is 12.6 Å². The molecular formula is C13H20N2O2S. The number of aryl methyl sites for hydroxylation is 2. The molecule has 1 aromatic rings. The van der Waals surface area contributed by atoms with Crippen LogP contribution in [0.3, 0.4) is 0 Å². The zero-order valence-electron chi connectivity index (χ0n) is 10.9. The number of benzene rings is 1. The van der Waals surface area contributed by atoms with Crippen LogP contribution in [-0.2, 0) is 10.0 Å². The van der Waals surface area contributed by atoms with Gasteiger partial charge >= 0.3 is 0 Å². The van der Waals surface area contributed by atoms with Crippen LogP contribution in [0.1, 0.15) is 24.0 Å². The Balaban J connectivity index is 2.19. The molecule has 2 rings (SSSR count). The van der Waals surface area contributed by atoms with Gasteiger partial charge in [-0.15, -0.1) is 0 Å². The highest BCUT2D eigenvalue weighted by atomic mass is 32.2. The second kappa shape index (κ2) is 5.38. The molecule has 0 saturated carbocycles. The molecule has 100 valence electrons. The highest BCUT2D eigenvalue weighted by Gasteiger charge is 2.22. The average Bonchev–Trinajstić information content (AvgIpc) is 2.29. The van der Waals surface area contributed by atoms with Crippen molar-refractivity contribution in [2.75, 3.05) is 13.1 Å². The van der Waals surface area contributed by atoms with Crippen LogP contribution in [0.25, 0.3) is 0 Å². The molecule has 1 heterocycles. The van der Waals surface area contributed by atoms with E-state index in [9.17, 15) is 8.42 Å². The summed E-state index contributed by atoms with van der Waals surface area (Å²) in [7, 11) is -3.40. The Morgan fingerprint density at radius 2 is 2.11 bits per heavy atom. The fraction of sp³-hybridized carbons (Fsp3) is 0.538. The third-order valence-electron chi connectivity index (χ3n) is 3.24. The van der Waals surface area contributed by atoms with Crippen LogP contribution in [-0.4, -0.2) is 27.5 Å². The Morgan fingerprint density at radius 3 is 2.72 bits per heavy atom. The Labute approximate surface area is 109 Å². The molecule has 1 aliphatic heterocycles. The number of rotatable bonds is 3. The Kier molecular flexibility index (Phi) is 4.04. The lowest BCUT2D eigenvalue weighted by molar-refractivity contribution is 0.428. The number of sulfonamides is 1. The van der Waals surface area contributed by atoms with E-state index < -0.39 is 10.0 Å². The van der Waals surface area contributed by atoms with Crippen molar-refractivity contribution in [3.8, 4) is 0 Å². The lowest BCUT2D eigenvalue weighted by atomic mass is 10.1. The van der Waals surface area contributed by atoms with Gasteiger partial charge in [-0.2, -0.15) is 0 Å². The van der Waals surface area contributed by atoms with Crippen molar-refractivity contribution in [1.29, 1.82) is 0 Å². The number of piperidine rings is 1. The third-order valence-corrected chi connectivity index (χ3v) is 4.92. The van der Waals surface area contributed by atoms with Crippen LogP contribution in [0.4, 0.5) is 0 Å². The van der Waals surface area contributed by atoms with Crippen molar-refractivity contribution in [2.24, 2.45) is 0 Å². The minimum absolute atomic E-state index is 0.00412. The topological polar surface area (TPSA) is 58.2 Å². The molecule has 18 heavy (non-hydrogen) atoms. The van der Waals surface area contributed by atoms with Gasteiger partial charge in [0.05, 0.1) is 4.90 Å². The molecule has 1 fully saturated rings. The molecule has 0 bridgehead atoms. The summed E-state index contributed by atoms with van der Waals surface area (Å²) in [6.07, 6.45) is 1.91. The van der Waals surface area contributed by atoms with E-state index in [2.05, 4.69) is 10.0 Å². The quantitative estimate of drug-likeness (QED) is 0.869. The van der Waals surface area contributed by atoms with E-state index in [1.54, 1.807) is 6.07 Å². The smallest absolute Gasteiger partial charge is 0.241 e. The maximum absolute atomic E-state index is 12.3. The van der Waals surface area contributed by atoms with Gasteiger partial charge in [-0.3, -0.25) is 0 Å². The van der Waals surface area contributed by atoms with Crippen LogP contribution >= 0.6 is 0 Å². The lowest BCUT2D eigenvalue weighted by Crippen LogP contribution is -2.45. The molecule has 1 saturated heterocycles. The molecule has 1 atom stereocenters. The summed E-state index contributed by atoms with van der Waals surface area (Å²) in [5.74, 6) is 0.